The van der Waals surface area contributed by atoms with Crippen molar-refractivity contribution in [2.24, 2.45) is 0 Å². The molecule has 0 saturated heterocycles. The lowest BCUT2D eigenvalue weighted by Gasteiger charge is -2.17. The van der Waals surface area contributed by atoms with Crippen LogP contribution in [-0.2, 0) is 23.1 Å². The molecule has 84 valence electrons. The van der Waals surface area contributed by atoms with Crippen LogP contribution in [0.4, 0.5) is 0 Å². The lowest BCUT2D eigenvalue weighted by molar-refractivity contribution is -0.137. The van der Waals surface area contributed by atoms with E-state index in [2.05, 4.69) is 18.2 Å². The third-order valence-electron chi connectivity index (χ3n) is 4.06. The zero-order chi connectivity index (χ0) is 11.2. The highest BCUT2D eigenvalue weighted by molar-refractivity contribution is 5.70. The van der Waals surface area contributed by atoms with Crippen molar-refractivity contribution in [1.82, 2.24) is 0 Å². The van der Waals surface area contributed by atoms with Gasteiger partial charge in [0.25, 0.3) is 0 Å². The maximum Gasteiger partial charge on any atom is 0.304 e. The molecule has 2 heteroatoms. The molecule has 0 heterocycles. The van der Waals surface area contributed by atoms with Crippen molar-refractivity contribution >= 4 is 5.97 Å². The fraction of sp³-hybridized carbons (Fsp3) is 0.500. The van der Waals surface area contributed by atoms with Gasteiger partial charge in [-0.05, 0) is 48.8 Å². The van der Waals surface area contributed by atoms with Crippen molar-refractivity contribution in [2.75, 3.05) is 0 Å². The summed E-state index contributed by atoms with van der Waals surface area (Å²) >= 11 is 0. The number of carboxylic acid groups (broad SMARTS) is 1. The Balaban J connectivity index is 2.01. The van der Waals surface area contributed by atoms with Crippen LogP contribution < -0.4 is 0 Å². The van der Waals surface area contributed by atoms with Gasteiger partial charge >= 0.3 is 5.97 Å². The molecule has 0 radical (unpaired) electrons. The summed E-state index contributed by atoms with van der Waals surface area (Å²) < 4.78 is 0. The average molecular weight is 216 g/mol. The van der Waals surface area contributed by atoms with Gasteiger partial charge in [-0.2, -0.15) is 0 Å². The standard InChI is InChI=1S/C14H16O2/c15-13(16)9-14(7-8-14)12-6-2-4-10-3-1-5-11(10)12/h2,4,6H,1,3,5,7-9H2,(H,15,16). The molecule has 2 aliphatic carbocycles. The molecule has 2 nitrogen and oxygen atoms in total. The number of hydrogen-bond acceptors (Lipinski definition) is 1. The maximum absolute atomic E-state index is 10.9. The number of rotatable bonds is 3. The number of benzene rings is 1. The second kappa shape index (κ2) is 3.34. The first-order chi connectivity index (χ1) is 7.71. The summed E-state index contributed by atoms with van der Waals surface area (Å²) in [6.45, 7) is 0. The smallest absolute Gasteiger partial charge is 0.304 e. The Morgan fingerprint density at radius 3 is 2.81 bits per heavy atom. The van der Waals surface area contributed by atoms with E-state index >= 15 is 0 Å². The number of aryl methyl sites for hydroxylation is 1. The van der Waals surface area contributed by atoms with Gasteiger partial charge in [0.2, 0.25) is 0 Å². The molecule has 3 rings (SSSR count). The molecule has 1 N–H and O–H groups in total. The van der Waals surface area contributed by atoms with Crippen LogP contribution in [0.3, 0.4) is 0 Å². The normalized spacial score (nSPS) is 20.5. The van der Waals surface area contributed by atoms with Crippen molar-refractivity contribution in [3.8, 4) is 0 Å². The summed E-state index contributed by atoms with van der Waals surface area (Å²) in [6, 6.07) is 6.45. The van der Waals surface area contributed by atoms with Crippen LogP contribution in [0, 0.1) is 0 Å². The summed E-state index contributed by atoms with van der Waals surface area (Å²) in [7, 11) is 0. The second-order valence-electron chi connectivity index (χ2n) is 5.15. The van der Waals surface area contributed by atoms with Crippen LogP contribution >= 0.6 is 0 Å². The summed E-state index contributed by atoms with van der Waals surface area (Å²) in [5, 5.41) is 9.00. The number of aliphatic carboxylic acids is 1. The van der Waals surface area contributed by atoms with Gasteiger partial charge in [0, 0.05) is 5.41 Å². The Bertz CT molecular complexity index is 444. The maximum atomic E-state index is 10.9. The highest BCUT2D eigenvalue weighted by Crippen LogP contribution is 2.53. The summed E-state index contributed by atoms with van der Waals surface area (Å²) in [5.41, 5.74) is 4.24. The Kier molecular flexibility index (Phi) is 2.06. The largest absolute Gasteiger partial charge is 0.481 e. The van der Waals surface area contributed by atoms with Crippen LogP contribution in [-0.4, -0.2) is 11.1 Å². The Morgan fingerprint density at radius 2 is 2.12 bits per heavy atom. The first-order valence-electron chi connectivity index (χ1n) is 6.04. The molecule has 1 aromatic carbocycles. The molecule has 1 aromatic rings. The monoisotopic (exact) mass is 216 g/mol. The number of carbonyl (C=O) groups is 1. The molecule has 0 bridgehead atoms. The third-order valence-corrected chi connectivity index (χ3v) is 4.06. The Hall–Kier alpha value is -1.31. The molecule has 1 fully saturated rings. The minimum atomic E-state index is -0.659. The minimum Gasteiger partial charge on any atom is -0.481 e. The van der Waals surface area contributed by atoms with Gasteiger partial charge in [0.1, 0.15) is 0 Å². The fourth-order valence-corrected chi connectivity index (χ4v) is 3.10. The molecule has 0 atom stereocenters. The van der Waals surface area contributed by atoms with Gasteiger partial charge in [-0.15, -0.1) is 0 Å². The van der Waals surface area contributed by atoms with E-state index in [-0.39, 0.29) is 5.41 Å². The zero-order valence-electron chi connectivity index (χ0n) is 9.33. The SMILES string of the molecule is O=C(O)CC1(c2cccc3c2CCC3)CC1. The molecule has 0 aromatic heterocycles. The van der Waals surface area contributed by atoms with Gasteiger partial charge in [-0.1, -0.05) is 18.2 Å². The van der Waals surface area contributed by atoms with Crippen LogP contribution in [0.25, 0.3) is 0 Å². The van der Waals surface area contributed by atoms with Crippen LogP contribution in [0.5, 0.6) is 0 Å². The first kappa shape index (κ1) is 9.88. The summed E-state index contributed by atoms with van der Waals surface area (Å²) in [5.74, 6) is -0.659. The molecule has 2 aliphatic rings. The third kappa shape index (κ3) is 1.44. The molecule has 0 unspecified atom stereocenters. The molecular formula is C14H16O2. The van der Waals surface area contributed by atoms with Crippen LogP contribution in [0.15, 0.2) is 18.2 Å². The molecule has 0 amide bonds. The van der Waals surface area contributed by atoms with Gasteiger partial charge in [0.05, 0.1) is 6.42 Å². The van der Waals surface area contributed by atoms with Crippen molar-refractivity contribution in [1.29, 1.82) is 0 Å². The van der Waals surface area contributed by atoms with Gasteiger partial charge < -0.3 is 5.11 Å². The zero-order valence-corrected chi connectivity index (χ0v) is 9.33. The van der Waals surface area contributed by atoms with E-state index in [0.29, 0.717) is 6.42 Å². The predicted octanol–water partition coefficient (Wildman–Crippen LogP) is 2.68. The number of carboxylic acids is 1. The van der Waals surface area contributed by atoms with E-state index in [9.17, 15) is 4.79 Å². The molecule has 0 spiro atoms. The minimum absolute atomic E-state index is 0.0124. The quantitative estimate of drug-likeness (QED) is 0.843. The van der Waals surface area contributed by atoms with E-state index in [4.69, 9.17) is 5.11 Å². The van der Waals surface area contributed by atoms with Gasteiger partial charge in [0.15, 0.2) is 0 Å². The highest BCUT2D eigenvalue weighted by Gasteiger charge is 2.47. The van der Waals surface area contributed by atoms with Crippen molar-refractivity contribution in [2.45, 2.75) is 43.9 Å². The van der Waals surface area contributed by atoms with Crippen molar-refractivity contribution < 1.29 is 9.90 Å². The van der Waals surface area contributed by atoms with E-state index < -0.39 is 5.97 Å². The van der Waals surface area contributed by atoms with Crippen molar-refractivity contribution in [3.05, 3.63) is 34.9 Å². The summed E-state index contributed by atoms with van der Waals surface area (Å²) in [6.07, 6.45) is 5.96. The van der Waals surface area contributed by atoms with E-state index in [0.717, 1.165) is 19.3 Å². The number of hydrogen-bond donors (Lipinski definition) is 1. The van der Waals surface area contributed by atoms with E-state index in [1.807, 2.05) is 0 Å². The average Bonchev–Trinajstić information content (AvgIpc) is 2.85. The highest BCUT2D eigenvalue weighted by atomic mass is 16.4. The number of fused-ring (bicyclic) bond motifs is 1. The predicted molar refractivity (Wildman–Crippen MR) is 61.6 cm³/mol. The molecule has 1 saturated carbocycles. The van der Waals surface area contributed by atoms with E-state index in [1.165, 1.54) is 29.5 Å². The first-order valence-corrected chi connectivity index (χ1v) is 6.04. The summed E-state index contributed by atoms with van der Waals surface area (Å²) in [4.78, 5) is 10.9. The molecule has 16 heavy (non-hydrogen) atoms. The van der Waals surface area contributed by atoms with Gasteiger partial charge in [-0.25, -0.2) is 0 Å². The van der Waals surface area contributed by atoms with Gasteiger partial charge in [-0.3, -0.25) is 4.79 Å². The van der Waals surface area contributed by atoms with Crippen LogP contribution in [0.1, 0.15) is 42.4 Å². The second-order valence-corrected chi connectivity index (χ2v) is 5.15. The molecular weight excluding hydrogens is 200 g/mol. The lowest BCUT2D eigenvalue weighted by Crippen LogP contribution is -2.15. The van der Waals surface area contributed by atoms with Crippen LogP contribution in [0.2, 0.25) is 0 Å². The van der Waals surface area contributed by atoms with E-state index in [1.54, 1.807) is 0 Å². The lowest BCUT2D eigenvalue weighted by atomic mass is 9.87. The topological polar surface area (TPSA) is 37.3 Å². The Labute approximate surface area is 95.3 Å². The Morgan fingerprint density at radius 1 is 1.31 bits per heavy atom. The molecule has 0 aliphatic heterocycles. The van der Waals surface area contributed by atoms with Crippen molar-refractivity contribution in [3.63, 3.8) is 0 Å². The fourth-order valence-electron chi connectivity index (χ4n) is 3.10.